The largest absolute Gasteiger partial charge is 0.492 e. The van der Waals surface area contributed by atoms with Gasteiger partial charge in [-0.05, 0) is 37.7 Å². The van der Waals surface area contributed by atoms with Gasteiger partial charge in [0.2, 0.25) is 0 Å². The Hall–Kier alpha value is -2.75. The summed E-state index contributed by atoms with van der Waals surface area (Å²) < 4.78 is 50.8. The molecule has 3 aliphatic rings. The topological polar surface area (TPSA) is 93.3 Å². The van der Waals surface area contributed by atoms with Gasteiger partial charge in [-0.3, -0.25) is 14.3 Å². The van der Waals surface area contributed by atoms with Crippen LogP contribution in [0.15, 0.2) is 21.2 Å². The van der Waals surface area contributed by atoms with Crippen LogP contribution < -0.4 is 26.6 Å². The number of anilines is 1. The van der Waals surface area contributed by atoms with Crippen LogP contribution in [0.1, 0.15) is 50.1 Å². The van der Waals surface area contributed by atoms with Gasteiger partial charge in [-0.2, -0.15) is 0 Å². The first-order valence-electron chi connectivity index (χ1n) is 10.9. The van der Waals surface area contributed by atoms with Crippen molar-refractivity contribution in [2.45, 2.75) is 50.6 Å². The molecular formula is C22H25F3N4O3. The summed E-state index contributed by atoms with van der Waals surface area (Å²) in [7, 11) is 1.29. The Labute approximate surface area is 181 Å². The molecule has 2 atom stereocenters. The van der Waals surface area contributed by atoms with E-state index in [1.54, 1.807) is 4.90 Å². The number of allylic oxidation sites excluding steroid dienone is 1. The van der Waals surface area contributed by atoms with Crippen LogP contribution in [0.3, 0.4) is 0 Å². The lowest BCUT2D eigenvalue weighted by atomic mass is 9.94. The number of halogens is 3. The highest BCUT2D eigenvalue weighted by atomic mass is 19.3. The number of nitrogens with one attached hydrogen (secondary N) is 1. The van der Waals surface area contributed by atoms with Crippen molar-refractivity contribution in [2.24, 2.45) is 11.7 Å². The second-order valence-electron chi connectivity index (χ2n) is 8.86. The van der Waals surface area contributed by atoms with Gasteiger partial charge in [0.05, 0.1) is 18.1 Å². The molecule has 2 heterocycles. The molecule has 5 rings (SSSR count). The molecule has 2 aromatic rings. The van der Waals surface area contributed by atoms with E-state index in [2.05, 4.69) is 11.1 Å². The van der Waals surface area contributed by atoms with E-state index >= 15 is 4.39 Å². The fourth-order valence-corrected chi connectivity index (χ4v) is 5.23. The number of aromatic nitrogens is 2. The van der Waals surface area contributed by atoms with Crippen LogP contribution in [0.5, 0.6) is 5.75 Å². The molecule has 1 saturated carbocycles. The van der Waals surface area contributed by atoms with Crippen molar-refractivity contribution >= 4 is 16.6 Å². The average molecular weight is 450 g/mol. The minimum Gasteiger partial charge on any atom is -0.492 e. The third-order valence-electron chi connectivity index (χ3n) is 6.87. The van der Waals surface area contributed by atoms with Crippen LogP contribution in [-0.2, 0) is 0 Å². The smallest absolute Gasteiger partial charge is 0.329 e. The van der Waals surface area contributed by atoms with Crippen LogP contribution in [0.4, 0.5) is 18.9 Å². The van der Waals surface area contributed by atoms with Gasteiger partial charge in [0.25, 0.3) is 12.0 Å². The number of fused-ring (bicyclic) bond motifs is 2. The minimum atomic E-state index is -3.25. The maximum Gasteiger partial charge on any atom is 0.329 e. The summed E-state index contributed by atoms with van der Waals surface area (Å²) in [6.45, 7) is 0.683. The fraction of sp³-hybridized carbons (Fsp3) is 0.545. The number of aromatic amines is 1. The van der Waals surface area contributed by atoms with Gasteiger partial charge in [-0.25, -0.2) is 18.0 Å². The lowest BCUT2D eigenvalue weighted by Gasteiger charge is -2.26. The highest BCUT2D eigenvalue weighted by Gasteiger charge is 2.39. The molecule has 0 radical (unpaired) electrons. The third-order valence-corrected chi connectivity index (χ3v) is 6.87. The summed E-state index contributed by atoms with van der Waals surface area (Å²) in [5.41, 5.74) is 4.43. The predicted molar refractivity (Wildman–Crippen MR) is 114 cm³/mol. The van der Waals surface area contributed by atoms with E-state index in [4.69, 9.17) is 10.5 Å². The minimum absolute atomic E-state index is 0.0166. The Morgan fingerprint density at radius 2 is 2.00 bits per heavy atom. The molecule has 2 fully saturated rings. The van der Waals surface area contributed by atoms with E-state index < -0.39 is 34.4 Å². The zero-order valence-corrected chi connectivity index (χ0v) is 17.7. The number of hydrogen-bond acceptors (Lipinski definition) is 5. The summed E-state index contributed by atoms with van der Waals surface area (Å²) in [5.74, 6) is -1.28. The highest BCUT2D eigenvalue weighted by molar-refractivity contribution is 5.94. The lowest BCUT2D eigenvalue weighted by Crippen LogP contribution is -2.34. The SMILES string of the molecule is COc1c(N2CC3=CCCCC(N)C3C2)c(F)c(C(F)F)c2c(=O)[nH]c(=O)n(C3CC3)c12. The molecule has 0 bridgehead atoms. The number of benzene rings is 1. The van der Waals surface area contributed by atoms with Gasteiger partial charge in [-0.15, -0.1) is 0 Å². The van der Waals surface area contributed by atoms with E-state index in [1.165, 1.54) is 11.7 Å². The number of nitrogens with two attached hydrogens (primary N) is 1. The molecule has 0 spiro atoms. The van der Waals surface area contributed by atoms with Crippen molar-refractivity contribution in [2.75, 3.05) is 25.1 Å². The van der Waals surface area contributed by atoms with Gasteiger partial charge in [0, 0.05) is 31.1 Å². The zero-order valence-electron chi connectivity index (χ0n) is 17.7. The third kappa shape index (κ3) is 3.15. The van der Waals surface area contributed by atoms with E-state index in [-0.39, 0.29) is 35.0 Å². The van der Waals surface area contributed by atoms with Crippen molar-refractivity contribution in [3.63, 3.8) is 0 Å². The highest BCUT2D eigenvalue weighted by Crippen LogP contribution is 2.47. The van der Waals surface area contributed by atoms with Gasteiger partial charge < -0.3 is 15.4 Å². The molecule has 1 aromatic carbocycles. The average Bonchev–Trinajstić information content (AvgIpc) is 3.51. The van der Waals surface area contributed by atoms with Gasteiger partial charge >= 0.3 is 5.69 Å². The summed E-state index contributed by atoms with van der Waals surface area (Å²) in [4.78, 5) is 28.9. The molecule has 2 aliphatic carbocycles. The van der Waals surface area contributed by atoms with Crippen molar-refractivity contribution in [3.05, 3.63) is 43.9 Å². The number of methoxy groups -OCH3 is 1. The van der Waals surface area contributed by atoms with Gasteiger partial charge in [0.1, 0.15) is 11.2 Å². The number of hydrogen-bond donors (Lipinski definition) is 2. The number of ether oxygens (including phenoxy) is 1. The van der Waals surface area contributed by atoms with E-state index in [1.807, 2.05) is 0 Å². The Morgan fingerprint density at radius 3 is 2.66 bits per heavy atom. The molecule has 3 N–H and O–H groups in total. The van der Waals surface area contributed by atoms with Crippen LogP contribution in [0.2, 0.25) is 0 Å². The summed E-state index contributed by atoms with van der Waals surface area (Å²) in [6.07, 6.45) is 2.84. The molecule has 172 valence electrons. The standard InChI is InChI=1S/C22H25F3N4O3/c1-32-19-17-15(21(30)27-22(31)29(17)11-6-7-11)14(20(24)25)16(23)18(19)28-8-10-4-2-3-5-13(26)12(10)9-28/h4,11-13,20H,2-3,5-9,26H2,1H3,(H,27,30,31). The molecule has 7 nitrogen and oxygen atoms in total. The predicted octanol–water partition coefficient (Wildman–Crippen LogP) is 2.98. The van der Waals surface area contributed by atoms with Crippen molar-refractivity contribution in [1.82, 2.24) is 9.55 Å². The van der Waals surface area contributed by atoms with Crippen LogP contribution >= 0.6 is 0 Å². The maximum absolute atomic E-state index is 15.7. The van der Waals surface area contributed by atoms with Crippen molar-refractivity contribution < 1.29 is 17.9 Å². The van der Waals surface area contributed by atoms with Crippen molar-refractivity contribution in [3.8, 4) is 5.75 Å². The first-order valence-corrected chi connectivity index (χ1v) is 10.9. The number of H-pyrrole nitrogens is 1. The molecule has 10 heteroatoms. The molecule has 1 saturated heterocycles. The Kier molecular flexibility index (Phi) is 5.07. The first kappa shape index (κ1) is 21.1. The second-order valence-corrected chi connectivity index (χ2v) is 8.86. The fourth-order valence-electron chi connectivity index (χ4n) is 5.23. The molecule has 1 aliphatic heterocycles. The van der Waals surface area contributed by atoms with E-state index in [9.17, 15) is 18.4 Å². The van der Waals surface area contributed by atoms with Crippen LogP contribution in [0, 0.1) is 11.7 Å². The summed E-state index contributed by atoms with van der Waals surface area (Å²) in [6, 6.07) is -0.356. The quantitative estimate of drug-likeness (QED) is 0.699. The summed E-state index contributed by atoms with van der Waals surface area (Å²) in [5, 5.41) is -0.533. The van der Waals surface area contributed by atoms with E-state index in [0.717, 1.165) is 24.8 Å². The molecule has 0 amide bonds. The monoisotopic (exact) mass is 450 g/mol. The van der Waals surface area contributed by atoms with Gasteiger partial charge in [0.15, 0.2) is 11.6 Å². The molecule has 2 unspecified atom stereocenters. The van der Waals surface area contributed by atoms with Crippen molar-refractivity contribution in [1.29, 1.82) is 0 Å². The maximum atomic E-state index is 15.7. The number of alkyl halides is 2. The molecule has 1 aromatic heterocycles. The normalized spacial score (nSPS) is 23.4. The van der Waals surface area contributed by atoms with Crippen LogP contribution in [0.25, 0.3) is 10.9 Å². The Morgan fingerprint density at radius 1 is 1.25 bits per heavy atom. The first-order chi connectivity index (χ1) is 15.3. The van der Waals surface area contributed by atoms with E-state index in [0.29, 0.717) is 25.9 Å². The Bertz CT molecular complexity index is 1230. The second kappa shape index (κ2) is 7.68. The Balaban J connectivity index is 1.81. The molecular weight excluding hydrogens is 425 g/mol. The van der Waals surface area contributed by atoms with Gasteiger partial charge in [-0.1, -0.05) is 6.08 Å². The summed E-state index contributed by atoms with van der Waals surface area (Å²) >= 11 is 0. The number of nitrogens with zero attached hydrogens (tertiary/aromatic N) is 2. The van der Waals surface area contributed by atoms with Crippen LogP contribution in [-0.4, -0.2) is 35.8 Å². The lowest BCUT2D eigenvalue weighted by molar-refractivity contribution is 0.148. The molecule has 32 heavy (non-hydrogen) atoms. The number of rotatable bonds is 4. The zero-order chi connectivity index (χ0) is 22.7.